The second-order valence-corrected chi connectivity index (χ2v) is 24.4. The van der Waals surface area contributed by atoms with Crippen molar-refractivity contribution in [2.75, 3.05) is 6.54 Å². The van der Waals surface area contributed by atoms with E-state index in [1.54, 1.807) is 52.0 Å². The number of nitrogens with one attached hydrogen (secondary N) is 5. The largest absolute Gasteiger partial charge is 0.481 e. The molecule has 7 N–H and O–H groups in total. The molecule has 1 saturated heterocycles. The minimum absolute atomic E-state index is 0.0306. The van der Waals surface area contributed by atoms with Crippen molar-refractivity contribution in [1.29, 1.82) is 0 Å². The van der Waals surface area contributed by atoms with Crippen LogP contribution in [0.2, 0.25) is 0 Å². The smallest absolute Gasteiger partial charge is 0.303 e. The van der Waals surface area contributed by atoms with Crippen molar-refractivity contribution in [3.05, 3.63) is 70.6 Å². The Morgan fingerprint density at radius 2 is 1.39 bits per heavy atom. The van der Waals surface area contributed by atoms with Crippen LogP contribution < -0.4 is 26.6 Å². The lowest BCUT2D eigenvalue weighted by atomic mass is 9.51. The Balaban J connectivity index is 1.11. The van der Waals surface area contributed by atoms with Crippen molar-refractivity contribution >= 4 is 73.0 Å². The van der Waals surface area contributed by atoms with Gasteiger partial charge in [-0.2, -0.15) is 8.42 Å². The SMILES string of the molecule is CCC[C@H](NC(=O)[C@H](Cc1ccc(CS(=O)(=O)O)cc1)NC(=O)C1C2CC3CC(C2)CC1C3)C(=O)N1CCC[C@@]1(C)C(=O)N[C@@H](Cc1csc2ccccc12)C(=O)N[C@@H](CCCC(=O)O)C(=O)NC(C)(C)C. The fraction of sp³-hybridized carbons (Fsp3) is 0.604. The molecule has 5 aliphatic rings. The third-order valence-corrected chi connectivity index (χ3v) is 16.9. The number of aliphatic carboxylic acids is 1. The highest BCUT2D eigenvalue weighted by molar-refractivity contribution is 7.85. The Labute approximate surface area is 426 Å². The summed E-state index contributed by atoms with van der Waals surface area (Å²) in [6.45, 7) is 9.06. The van der Waals surface area contributed by atoms with Gasteiger partial charge in [-0.1, -0.05) is 55.8 Å². The number of nitrogens with zero attached hydrogens (tertiary/aromatic N) is 1. The Hall–Kier alpha value is -5.40. The molecule has 19 heteroatoms. The first-order chi connectivity index (χ1) is 34.0. The minimum Gasteiger partial charge on any atom is -0.481 e. The van der Waals surface area contributed by atoms with Gasteiger partial charge in [-0.05, 0) is 149 Å². The first-order valence-electron chi connectivity index (χ1n) is 25.6. The summed E-state index contributed by atoms with van der Waals surface area (Å²) in [5, 5.41) is 26.8. The fourth-order valence-corrected chi connectivity index (χ4v) is 13.6. The first-order valence-corrected chi connectivity index (χ1v) is 28.0. The molecule has 4 saturated carbocycles. The predicted molar refractivity (Wildman–Crippen MR) is 273 cm³/mol. The molecule has 5 atom stereocenters. The van der Waals surface area contributed by atoms with Crippen LogP contribution in [0.25, 0.3) is 10.1 Å². The zero-order chi connectivity index (χ0) is 52.1. The molecule has 2 heterocycles. The molecule has 2 aromatic carbocycles. The van der Waals surface area contributed by atoms with Crippen molar-refractivity contribution in [3.8, 4) is 0 Å². The third-order valence-electron chi connectivity index (χ3n) is 15.2. The molecule has 4 aliphatic carbocycles. The second-order valence-electron chi connectivity index (χ2n) is 22.1. The minimum atomic E-state index is -4.29. The number of carbonyl (C=O) groups is 7. The quantitative estimate of drug-likeness (QED) is 0.0624. The van der Waals surface area contributed by atoms with Crippen LogP contribution in [-0.2, 0) is 62.3 Å². The summed E-state index contributed by atoms with van der Waals surface area (Å²) in [6.07, 6.45) is 6.58. The standard InChI is InChI=1S/C53H72N6O11S2/c1-6-11-40(55-46(62)41(27-31-16-18-32(19-17-31)30-72(68,69)70)56-49(65)45-35-23-33-22-34(25-35)26-36(45)24-33)50(66)59-21-10-20-53(59,5)51(67)57-42(28-37-29-71-43-14-8-7-12-38(37)43)47(63)54-39(13-9-15-44(60)61)48(64)58-52(2,3)4/h7-8,12,14,16-19,29,33-36,39-42,45H,6,9-11,13,15,20-28,30H2,1-5H3,(H,54,63)(H,55,62)(H,56,65)(H,57,67)(H,58,64)(H,60,61)(H,68,69,70)/t33?,34?,35?,36?,39-,40-,41-,42-,45?,53-/m0/s1. The lowest BCUT2D eigenvalue weighted by Gasteiger charge is -2.53. The number of carboxylic acid groups (broad SMARTS) is 1. The van der Waals surface area contributed by atoms with Crippen LogP contribution in [0.5, 0.6) is 0 Å². The van der Waals surface area contributed by atoms with Gasteiger partial charge in [0.25, 0.3) is 10.1 Å². The summed E-state index contributed by atoms with van der Waals surface area (Å²) >= 11 is 1.48. The van der Waals surface area contributed by atoms with Gasteiger partial charge >= 0.3 is 5.97 Å². The number of amides is 6. The molecule has 17 nitrogen and oxygen atoms in total. The van der Waals surface area contributed by atoms with Crippen molar-refractivity contribution in [1.82, 2.24) is 31.5 Å². The molecule has 1 aromatic heterocycles. The summed E-state index contributed by atoms with van der Waals surface area (Å²) in [5.74, 6) is -3.15. The lowest BCUT2D eigenvalue weighted by molar-refractivity contribution is -0.148. The molecule has 72 heavy (non-hydrogen) atoms. The van der Waals surface area contributed by atoms with Crippen LogP contribution in [0.1, 0.15) is 128 Å². The number of hydrogen-bond donors (Lipinski definition) is 7. The molecule has 0 unspecified atom stereocenters. The maximum atomic E-state index is 14.9. The Kier molecular flexibility index (Phi) is 17.2. The van der Waals surface area contributed by atoms with Crippen LogP contribution in [0, 0.1) is 29.6 Å². The molecule has 3 aromatic rings. The molecule has 0 radical (unpaired) electrons. The third kappa shape index (κ3) is 13.6. The highest BCUT2D eigenvalue weighted by Crippen LogP contribution is 2.56. The van der Waals surface area contributed by atoms with Gasteiger partial charge in [-0.15, -0.1) is 11.3 Å². The predicted octanol–water partition coefficient (Wildman–Crippen LogP) is 5.44. The van der Waals surface area contributed by atoms with Crippen LogP contribution in [0.3, 0.4) is 0 Å². The number of fused-ring (bicyclic) bond motifs is 1. The molecular weight excluding hydrogens is 961 g/mol. The molecule has 1 aliphatic heterocycles. The number of likely N-dealkylation sites (tertiary alicyclic amines) is 1. The van der Waals surface area contributed by atoms with Crippen LogP contribution in [-0.4, -0.2) is 106 Å². The van der Waals surface area contributed by atoms with Crippen LogP contribution in [0.15, 0.2) is 53.9 Å². The van der Waals surface area contributed by atoms with E-state index >= 15 is 0 Å². The summed E-state index contributed by atoms with van der Waals surface area (Å²) in [5.41, 5.74) is -0.378. The Morgan fingerprint density at radius 1 is 0.778 bits per heavy atom. The monoisotopic (exact) mass is 1030 g/mol. The van der Waals surface area contributed by atoms with Crippen molar-refractivity contribution in [2.45, 2.75) is 166 Å². The van der Waals surface area contributed by atoms with E-state index in [9.17, 15) is 51.6 Å². The van der Waals surface area contributed by atoms with Gasteiger partial charge in [0.15, 0.2) is 0 Å². The van der Waals surface area contributed by atoms with E-state index in [2.05, 4.69) is 26.6 Å². The van der Waals surface area contributed by atoms with E-state index in [-0.39, 0.29) is 75.2 Å². The van der Waals surface area contributed by atoms with Gasteiger partial charge < -0.3 is 36.6 Å². The normalized spacial score (nSPS) is 24.2. The molecule has 5 fully saturated rings. The zero-order valence-electron chi connectivity index (χ0n) is 42.0. The summed E-state index contributed by atoms with van der Waals surface area (Å²) in [6, 6.07) is 9.51. The topological polar surface area (TPSA) is 257 Å². The van der Waals surface area contributed by atoms with E-state index in [0.29, 0.717) is 35.8 Å². The number of benzene rings is 2. The van der Waals surface area contributed by atoms with Gasteiger partial charge in [0, 0.05) is 42.0 Å². The molecule has 4 bridgehead atoms. The molecule has 6 amide bonds. The average Bonchev–Trinajstić information content (AvgIpc) is 3.90. The summed E-state index contributed by atoms with van der Waals surface area (Å²) in [4.78, 5) is 99.5. The van der Waals surface area contributed by atoms with E-state index in [4.69, 9.17) is 0 Å². The first kappa shape index (κ1) is 54.4. The molecular formula is C53H72N6O11S2. The molecule has 8 rings (SSSR count). The maximum Gasteiger partial charge on any atom is 0.303 e. The lowest BCUT2D eigenvalue weighted by Crippen LogP contribution is -2.63. The fourth-order valence-electron chi connectivity index (χ4n) is 12.0. The van der Waals surface area contributed by atoms with E-state index in [1.165, 1.54) is 22.7 Å². The summed E-state index contributed by atoms with van der Waals surface area (Å²) < 4.78 is 33.5. The van der Waals surface area contributed by atoms with Crippen molar-refractivity contribution in [3.63, 3.8) is 0 Å². The van der Waals surface area contributed by atoms with Gasteiger partial charge in [-0.3, -0.25) is 38.1 Å². The highest BCUT2D eigenvalue weighted by Gasteiger charge is 2.52. The second kappa shape index (κ2) is 22.8. The number of thiophene rings is 1. The number of carbonyl (C=O) groups excluding carboxylic acids is 6. The summed E-state index contributed by atoms with van der Waals surface area (Å²) in [7, 11) is -4.29. The van der Waals surface area contributed by atoms with E-state index in [1.807, 2.05) is 36.6 Å². The zero-order valence-corrected chi connectivity index (χ0v) is 43.7. The number of hydrogen-bond acceptors (Lipinski definition) is 10. The highest BCUT2D eigenvalue weighted by atomic mass is 32.2. The van der Waals surface area contributed by atoms with Gasteiger partial charge in [0.2, 0.25) is 35.4 Å². The van der Waals surface area contributed by atoms with Gasteiger partial charge in [0.1, 0.15) is 35.5 Å². The van der Waals surface area contributed by atoms with Gasteiger partial charge in [-0.25, -0.2) is 0 Å². The molecule has 392 valence electrons. The number of rotatable bonds is 22. The van der Waals surface area contributed by atoms with Crippen molar-refractivity contribution in [2.24, 2.45) is 29.6 Å². The van der Waals surface area contributed by atoms with Crippen molar-refractivity contribution < 1.29 is 51.6 Å². The van der Waals surface area contributed by atoms with Crippen LogP contribution >= 0.6 is 11.3 Å². The van der Waals surface area contributed by atoms with E-state index in [0.717, 1.165) is 41.3 Å². The van der Waals surface area contributed by atoms with Crippen LogP contribution in [0.4, 0.5) is 0 Å². The molecule has 0 spiro atoms. The van der Waals surface area contributed by atoms with E-state index < -0.39 is 86.6 Å². The maximum absolute atomic E-state index is 14.9. The number of carboxylic acids is 1. The Morgan fingerprint density at radius 3 is 2.00 bits per heavy atom. The van der Waals surface area contributed by atoms with Gasteiger partial charge in [0.05, 0.1) is 0 Å². The Bertz CT molecular complexity index is 2580. The average molecular weight is 1030 g/mol.